The molecule has 1 amide bonds. The van der Waals surface area contributed by atoms with Gasteiger partial charge >= 0.3 is 0 Å². The molecule has 0 unspecified atom stereocenters. The summed E-state index contributed by atoms with van der Waals surface area (Å²) in [5.41, 5.74) is -0.258. The van der Waals surface area contributed by atoms with E-state index in [1.807, 2.05) is 21.8 Å². The Hall–Kier alpha value is -2.37. The number of hydrogen-bond donors (Lipinski definition) is 0. The minimum Gasteiger partial charge on any atom is -0.493 e. The maximum absolute atomic E-state index is 13.1. The van der Waals surface area contributed by atoms with Crippen molar-refractivity contribution < 1.29 is 13.9 Å². The Morgan fingerprint density at radius 1 is 1.31 bits per heavy atom. The quantitative estimate of drug-likeness (QED) is 0.798. The number of aromatic nitrogens is 2. The second kappa shape index (κ2) is 7.09. The van der Waals surface area contributed by atoms with Gasteiger partial charge in [-0.1, -0.05) is 0 Å². The number of likely N-dealkylation sites (tertiary alicyclic amines) is 1. The Morgan fingerprint density at radius 2 is 2.12 bits per heavy atom. The molecule has 5 nitrogen and oxygen atoms in total. The summed E-state index contributed by atoms with van der Waals surface area (Å²) in [4.78, 5) is 15.1. The molecular weight excluding hydrogens is 333 g/mol. The van der Waals surface area contributed by atoms with Crippen LogP contribution in [0, 0.1) is 17.2 Å². The zero-order chi connectivity index (χ0) is 18.0. The Balaban J connectivity index is 1.33. The molecule has 0 spiro atoms. The van der Waals surface area contributed by atoms with Crippen molar-refractivity contribution in [2.75, 3.05) is 19.7 Å². The van der Waals surface area contributed by atoms with Gasteiger partial charge in [-0.05, 0) is 56.0 Å². The molecule has 1 saturated heterocycles. The third-order valence-corrected chi connectivity index (χ3v) is 5.44. The first-order valence-electron chi connectivity index (χ1n) is 9.30. The molecule has 2 fully saturated rings. The first-order chi connectivity index (χ1) is 12.6. The lowest BCUT2D eigenvalue weighted by atomic mass is 9.96. The maximum atomic E-state index is 13.1. The fraction of sp³-hybridized carbons (Fsp3) is 0.500. The van der Waals surface area contributed by atoms with Crippen LogP contribution in [0.1, 0.15) is 25.7 Å². The Labute approximate surface area is 152 Å². The molecule has 2 aromatic rings. The lowest BCUT2D eigenvalue weighted by molar-refractivity contribution is -0.139. The lowest BCUT2D eigenvalue weighted by Gasteiger charge is -2.35. The van der Waals surface area contributed by atoms with Gasteiger partial charge in [0.05, 0.1) is 18.6 Å². The zero-order valence-electron chi connectivity index (χ0n) is 14.8. The molecule has 26 heavy (non-hydrogen) atoms. The van der Waals surface area contributed by atoms with Crippen LogP contribution in [0.25, 0.3) is 0 Å². The van der Waals surface area contributed by atoms with Crippen molar-refractivity contribution in [3.05, 3.63) is 48.5 Å². The summed E-state index contributed by atoms with van der Waals surface area (Å²) in [5, 5.41) is 4.25. The molecular formula is C20H24FN3O2. The van der Waals surface area contributed by atoms with E-state index in [-0.39, 0.29) is 17.1 Å². The van der Waals surface area contributed by atoms with E-state index >= 15 is 0 Å². The smallest absolute Gasteiger partial charge is 0.230 e. The van der Waals surface area contributed by atoms with Crippen molar-refractivity contribution in [2.24, 2.45) is 11.3 Å². The largest absolute Gasteiger partial charge is 0.493 e. The SMILES string of the molecule is O=C(N1CCC[C@H](COc2ccc(F)cc2)C1)C1(Cn2cccn2)CC1. The fourth-order valence-corrected chi connectivity index (χ4v) is 3.76. The van der Waals surface area contributed by atoms with E-state index in [9.17, 15) is 9.18 Å². The highest BCUT2D eigenvalue weighted by molar-refractivity contribution is 5.85. The van der Waals surface area contributed by atoms with E-state index in [2.05, 4.69) is 5.10 Å². The number of ether oxygens (including phenoxy) is 1. The second-order valence-electron chi connectivity index (χ2n) is 7.51. The highest BCUT2D eigenvalue weighted by Gasteiger charge is 2.52. The van der Waals surface area contributed by atoms with Crippen molar-refractivity contribution in [1.82, 2.24) is 14.7 Å². The van der Waals surface area contributed by atoms with Crippen LogP contribution in [-0.4, -0.2) is 40.3 Å². The van der Waals surface area contributed by atoms with E-state index in [1.165, 1.54) is 12.1 Å². The molecule has 6 heteroatoms. The normalized spacial score (nSPS) is 21.4. The summed E-state index contributed by atoms with van der Waals surface area (Å²) in [7, 11) is 0. The topological polar surface area (TPSA) is 47.4 Å². The molecule has 0 bridgehead atoms. The van der Waals surface area contributed by atoms with E-state index in [1.54, 1.807) is 18.3 Å². The van der Waals surface area contributed by atoms with Gasteiger partial charge < -0.3 is 9.64 Å². The maximum Gasteiger partial charge on any atom is 0.230 e. The average Bonchev–Trinajstić information content (AvgIpc) is 3.26. The lowest BCUT2D eigenvalue weighted by Crippen LogP contribution is -2.46. The molecule has 2 aliphatic rings. The number of carbonyl (C=O) groups excluding carboxylic acids is 1. The van der Waals surface area contributed by atoms with Crippen LogP contribution in [0.15, 0.2) is 42.7 Å². The van der Waals surface area contributed by atoms with Gasteiger partial charge in [0.25, 0.3) is 0 Å². The van der Waals surface area contributed by atoms with Crippen LogP contribution in [0.3, 0.4) is 0 Å². The summed E-state index contributed by atoms with van der Waals surface area (Å²) in [5.74, 6) is 0.989. The predicted octanol–water partition coefficient (Wildman–Crippen LogP) is 3.12. The van der Waals surface area contributed by atoms with Gasteiger partial charge in [-0.2, -0.15) is 5.10 Å². The second-order valence-corrected chi connectivity index (χ2v) is 7.51. The van der Waals surface area contributed by atoms with Crippen LogP contribution in [0.2, 0.25) is 0 Å². The van der Waals surface area contributed by atoms with E-state index in [4.69, 9.17) is 4.74 Å². The van der Waals surface area contributed by atoms with Crippen molar-refractivity contribution in [2.45, 2.75) is 32.2 Å². The molecule has 1 aliphatic carbocycles. The minimum absolute atomic E-state index is 0.258. The average molecular weight is 357 g/mol. The molecule has 1 aliphatic heterocycles. The Bertz CT molecular complexity index is 741. The minimum atomic E-state index is -0.265. The molecule has 1 saturated carbocycles. The molecule has 138 valence electrons. The van der Waals surface area contributed by atoms with Crippen LogP contribution in [-0.2, 0) is 11.3 Å². The molecule has 0 N–H and O–H groups in total. The highest BCUT2D eigenvalue weighted by Crippen LogP contribution is 2.49. The van der Waals surface area contributed by atoms with Crippen molar-refractivity contribution in [3.63, 3.8) is 0 Å². The van der Waals surface area contributed by atoms with Gasteiger partial charge in [0, 0.05) is 31.4 Å². The van der Waals surface area contributed by atoms with Gasteiger partial charge in [-0.3, -0.25) is 9.48 Å². The highest BCUT2D eigenvalue weighted by atomic mass is 19.1. The third-order valence-electron chi connectivity index (χ3n) is 5.44. The molecule has 0 radical (unpaired) electrons. The van der Waals surface area contributed by atoms with Crippen LogP contribution in [0.4, 0.5) is 4.39 Å². The molecule has 4 rings (SSSR count). The van der Waals surface area contributed by atoms with Gasteiger partial charge in [0.2, 0.25) is 5.91 Å². The van der Waals surface area contributed by atoms with Crippen LogP contribution < -0.4 is 4.74 Å². The van der Waals surface area contributed by atoms with Gasteiger partial charge in [0.15, 0.2) is 0 Å². The van der Waals surface area contributed by atoms with Crippen molar-refractivity contribution >= 4 is 5.91 Å². The molecule has 1 aromatic carbocycles. The summed E-state index contributed by atoms with van der Waals surface area (Å²) in [6, 6.07) is 7.98. The predicted molar refractivity (Wildman–Crippen MR) is 95.1 cm³/mol. The number of piperidine rings is 1. The molecule has 2 heterocycles. The number of nitrogens with zero attached hydrogens (tertiary/aromatic N) is 3. The standard InChI is InChI=1S/C20H24FN3O2/c21-17-4-6-18(7-5-17)26-14-16-3-1-11-23(13-16)19(25)20(8-9-20)15-24-12-2-10-22-24/h2,4-7,10,12,16H,1,3,8-9,11,13-15H2/t16-/m0/s1. The molecule has 1 aromatic heterocycles. The summed E-state index contributed by atoms with van der Waals surface area (Å²) in [6.07, 6.45) is 7.61. The number of amides is 1. The van der Waals surface area contributed by atoms with E-state index in [0.29, 0.717) is 24.8 Å². The monoisotopic (exact) mass is 357 g/mol. The third kappa shape index (κ3) is 3.74. The van der Waals surface area contributed by atoms with Crippen molar-refractivity contribution in [3.8, 4) is 5.75 Å². The zero-order valence-corrected chi connectivity index (χ0v) is 14.8. The number of rotatable bonds is 6. The van der Waals surface area contributed by atoms with Gasteiger partial charge in [-0.15, -0.1) is 0 Å². The number of hydrogen-bond acceptors (Lipinski definition) is 3. The Morgan fingerprint density at radius 3 is 2.81 bits per heavy atom. The van der Waals surface area contributed by atoms with Gasteiger partial charge in [-0.25, -0.2) is 4.39 Å². The first kappa shape index (κ1) is 17.1. The van der Waals surface area contributed by atoms with Crippen LogP contribution >= 0.6 is 0 Å². The van der Waals surface area contributed by atoms with Gasteiger partial charge in [0.1, 0.15) is 11.6 Å². The number of benzene rings is 1. The summed E-state index contributed by atoms with van der Waals surface area (Å²) in [6.45, 7) is 2.79. The Kier molecular flexibility index (Phi) is 4.66. The van der Waals surface area contributed by atoms with E-state index < -0.39 is 0 Å². The summed E-state index contributed by atoms with van der Waals surface area (Å²) >= 11 is 0. The molecule has 1 atom stereocenters. The van der Waals surface area contributed by atoms with Crippen molar-refractivity contribution in [1.29, 1.82) is 0 Å². The number of halogens is 1. The van der Waals surface area contributed by atoms with E-state index in [0.717, 1.165) is 38.8 Å². The fourth-order valence-electron chi connectivity index (χ4n) is 3.76. The summed E-state index contributed by atoms with van der Waals surface area (Å²) < 4.78 is 20.6. The number of carbonyl (C=O) groups is 1. The van der Waals surface area contributed by atoms with Crippen LogP contribution in [0.5, 0.6) is 5.75 Å². The first-order valence-corrected chi connectivity index (χ1v) is 9.30.